The summed E-state index contributed by atoms with van der Waals surface area (Å²) < 4.78 is 28.7. The van der Waals surface area contributed by atoms with Crippen molar-refractivity contribution >= 4 is 22.6 Å². The molecular formula is C29H26F2N6O. The molecule has 1 saturated heterocycles. The van der Waals surface area contributed by atoms with Gasteiger partial charge in [0.25, 0.3) is 11.8 Å². The van der Waals surface area contributed by atoms with Crippen molar-refractivity contribution in [3.05, 3.63) is 102 Å². The summed E-state index contributed by atoms with van der Waals surface area (Å²) in [6.07, 6.45) is 6.70. The Morgan fingerprint density at radius 2 is 1.79 bits per heavy atom. The van der Waals surface area contributed by atoms with Crippen molar-refractivity contribution in [3.8, 4) is 11.1 Å². The largest absolute Gasteiger partial charge is 0.344 e. The number of fused-ring (bicyclic) bond motifs is 1. The monoisotopic (exact) mass is 512 g/mol. The number of benzene rings is 2. The van der Waals surface area contributed by atoms with E-state index in [4.69, 9.17) is 0 Å². The molecule has 38 heavy (non-hydrogen) atoms. The number of carbonyl (C=O) groups is 1. The number of likely N-dealkylation sites (tertiary alicyclic amines) is 1. The summed E-state index contributed by atoms with van der Waals surface area (Å²) in [7, 11) is 0. The Morgan fingerprint density at radius 1 is 1.00 bits per heavy atom. The van der Waals surface area contributed by atoms with Crippen LogP contribution in [0.15, 0.2) is 85.5 Å². The van der Waals surface area contributed by atoms with Gasteiger partial charge >= 0.3 is 0 Å². The molecule has 9 heteroatoms. The normalized spacial score (nSPS) is 15.2. The van der Waals surface area contributed by atoms with Crippen LogP contribution >= 0.6 is 0 Å². The molecule has 1 aliphatic rings. The average Bonchev–Trinajstić information content (AvgIpc) is 3.64. The first-order valence-electron chi connectivity index (χ1n) is 12.5. The van der Waals surface area contributed by atoms with Gasteiger partial charge in [0.2, 0.25) is 0 Å². The van der Waals surface area contributed by atoms with Gasteiger partial charge in [0, 0.05) is 49.1 Å². The van der Waals surface area contributed by atoms with Crippen LogP contribution in [-0.2, 0) is 13.1 Å². The van der Waals surface area contributed by atoms with Gasteiger partial charge in [-0.15, -0.1) is 0 Å². The fourth-order valence-electron chi connectivity index (χ4n) is 4.80. The number of alkyl halides is 2. The first-order chi connectivity index (χ1) is 18.4. The quantitative estimate of drug-likeness (QED) is 0.299. The molecule has 0 spiro atoms. The Kier molecular flexibility index (Phi) is 6.21. The fourth-order valence-corrected chi connectivity index (χ4v) is 4.80. The number of pyridine rings is 1. The van der Waals surface area contributed by atoms with Crippen LogP contribution in [0.3, 0.4) is 0 Å². The Labute approximate surface area is 218 Å². The van der Waals surface area contributed by atoms with E-state index < -0.39 is 5.92 Å². The molecule has 0 bridgehead atoms. The first kappa shape index (κ1) is 24.0. The van der Waals surface area contributed by atoms with Crippen molar-refractivity contribution in [2.45, 2.75) is 25.4 Å². The molecule has 0 saturated carbocycles. The van der Waals surface area contributed by atoms with E-state index in [1.54, 1.807) is 34.4 Å². The second-order valence-electron chi connectivity index (χ2n) is 9.70. The molecule has 0 aliphatic carbocycles. The number of nitrogens with one attached hydrogen (secondary N) is 2. The molecule has 1 aliphatic heterocycles. The van der Waals surface area contributed by atoms with Crippen molar-refractivity contribution in [2.24, 2.45) is 0 Å². The minimum absolute atomic E-state index is 0.0810. The van der Waals surface area contributed by atoms with Crippen LogP contribution in [0, 0.1) is 0 Å². The average molecular weight is 513 g/mol. The van der Waals surface area contributed by atoms with E-state index in [1.807, 2.05) is 60.7 Å². The second kappa shape index (κ2) is 9.83. The maximum absolute atomic E-state index is 13.5. The number of hydrogen-bond donors (Lipinski definition) is 2. The minimum Gasteiger partial charge on any atom is -0.344 e. The highest BCUT2D eigenvalue weighted by atomic mass is 19.3. The molecule has 3 aromatic heterocycles. The zero-order valence-corrected chi connectivity index (χ0v) is 20.6. The molecule has 0 unspecified atom stereocenters. The molecule has 192 valence electrons. The van der Waals surface area contributed by atoms with Crippen LogP contribution in [0.2, 0.25) is 0 Å². The summed E-state index contributed by atoms with van der Waals surface area (Å²) in [5.41, 5.74) is 5.69. The third-order valence-electron chi connectivity index (χ3n) is 6.80. The highest BCUT2D eigenvalue weighted by Crippen LogP contribution is 2.30. The third kappa shape index (κ3) is 5.19. The lowest BCUT2D eigenvalue weighted by Gasteiger charge is -2.15. The van der Waals surface area contributed by atoms with E-state index in [2.05, 4.69) is 20.4 Å². The molecule has 7 nitrogen and oxygen atoms in total. The number of aromatic amines is 1. The van der Waals surface area contributed by atoms with Crippen LogP contribution in [-0.4, -0.2) is 49.6 Å². The van der Waals surface area contributed by atoms with Gasteiger partial charge in [-0.3, -0.25) is 14.4 Å². The van der Waals surface area contributed by atoms with Gasteiger partial charge in [-0.25, -0.2) is 13.8 Å². The Hall–Kier alpha value is -4.37. The summed E-state index contributed by atoms with van der Waals surface area (Å²) >= 11 is 0. The van der Waals surface area contributed by atoms with Gasteiger partial charge in [-0.05, 0) is 22.8 Å². The number of amides is 1. The van der Waals surface area contributed by atoms with Crippen molar-refractivity contribution in [1.82, 2.24) is 24.6 Å². The van der Waals surface area contributed by atoms with Gasteiger partial charge in [-0.2, -0.15) is 5.10 Å². The van der Waals surface area contributed by atoms with E-state index in [9.17, 15) is 13.6 Å². The SMILES string of the molecule is O=C(Nc1c[nH]c2ncc(-c3ccc(CN4CCC(F)(F)C4)cc3)cc12)c1cnn(Cc2ccccc2)c1. The molecule has 0 atom stereocenters. The molecule has 2 aromatic carbocycles. The van der Waals surface area contributed by atoms with Crippen LogP contribution in [0.5, 0.6) is 0 Å². The smallest absolute Gasteiger partial charge is 0.261 e. The minimum atomic E-state index is -2.59. The molecular weight excluding hydrogens is 486 g/mol. The zero-order chi connectivity index (χ0) is 26.1. The molecule has 6 rings (SSSR count). The van der Waals surface area contributed by atoms with E-state index in [-0.39, 0.29) is 18.9 Å². The molecule has 4 heterocycles. The zero-order valence-electron chi connectivity index (χ0n) is 20.6. The molecule has 5 aromatic rings. The Bertz CT molecular complexity index is 1580. The summed E-state index contributed by atoms with van der Waals surface area (Å²) in [5, 5.41) is 8.07. The Balaban J connectivity index is 1.15. The van der Waals surface area contributed by atoms with Gasteiger partial charge in [-0.1, -0.05) is 54.6 Å². The van der Waals surface area contributed by atoms with Gasteiger partial charge in [0.15, 0.2) is 0 Å². The maximum Gasteiger partial charge on any atom is 0.261 e. The van der Waals surface area contributed by atoms with E-state index >= 15 is 0 Å². The number of anilines is 1. The van der Waals surface area contributed by atoms with Crippen molar-refractivity contribution < 1.29 is 13.6 Å². The first-order valence-corrected chi connectivity index (χ1v) is 12.5. The summed E-state index contributed by atoms with van der Waals surface area (Å²) in [4.78, 5) is 22.3. The lowest BCUT2D eigenvalue weighted by atomic mass is 10.0. The van der Waals surface area contributed by atoms with Crippen molar-refractivity contribution in [1.29, 1.82) is 0 Å². The molecule has 1 amide bonds. The third-order valence-corrected chi connectivity index (χ3v) is 6.80. The summed E-state index contributed by atoms with van der Waals surface area (Å²) in [6, 6.07) is 19.8. The number of halogens is 2. The molecule has 1 fully saturated rings. The van der Waals surface area contributed by atoms with E-state index in [0.29, 0.717) is 36.5 Å². The lowest BCUT2D eigenvalue weighted by Crippen LogP contribution is -2.24. The predicted octanol–water partition coefficient (Wildman–Crippen LogP) is 5.57. The topological polar surface area (TPSA) is 78.8 Å². The molecule has 2 N–H and O–H groups in total. The van der Waals surface area contributed by atoms with Gasteiger partial charge < -0.3 is 10.3 Å². The van der Waals surface area contributed by atoms with Crippen LogP contribution < -0.4 is 5.32 Å². The molecule has 0 radical (unpaired) electrons. The van der Waals surface area contributed by atoms with E-state index in [1.165, 1.54) is 0 Å². The number of carbonyl (C=O) groups excluding carboxylic acids is 1. The maximum atomic E-state index is 13.5. The lowest BCUT2D eigenvalue weighted by molar-refractivity contribution is 0.0115. The van der Waals surface area contributed by atoms with Gasteiger partial charge in [0.1, 0.15) is 5.65 Å². The predicted molar refractivity (Wildman–Crippen MR) is 142 cm³/mol. The van der Waals surface area contributed by atoms with Crippen molar-refractivity contribution in [3.63, 3.8) is 0 Å². The van der Waals surface area contributed by atoms with Crippen LogP contribution in [0.1, 0.15) is 27.9 Å². The van der Waals surface area contributed by atoms with Crippen LogP contribution in [0.25, 0.3) is 22.2 Å². The standard InChI is InChI=1S/C29H26F2N6O/c30-29(31)10-11-36(19-29)16-21-6-8-22(9-7-21)23-12-25-26(15-33-27(25)32-13-23)35-28(38)24-14-34-37(18-24)17-20-4-2-1-3-5-20/h1-9,12-15,18H,10-11,16-17,19H2,(H,32,33)(H,35,38). The highest BCUT2D eigenvalue weighted by Gasteiger charge is 2.37. The van der Waals surface area contributed by atoms with E-state index in [0.717, 1.165) is 27.6 Å². The highest BCUT2D eigenvalue weighted by molar-refractivity contribution is 6.08. The fraction of sp³-hybridized carbons (Fsp3) is 0.207. The van der Waals surface area contributed by atoms with Crippen molar-refractivity contribution in [2.75, 3.05) is 18.4 Å². The number of hydrogen-bond acceptors (Lipinski definition) is 4. The van der Waals surface area contributed by atoms with Crippen LogP contribution in [0.4, 0.5) is 14.5 Å². The number of aromatic nitrogens is 4. The summed E-state index contributed by atoms with van der Waals surface area (Å²) in [5.74, 6) is -2.85. The number of rotatable bonds is 7. The summed E-state index contributed by atoms with van der Waals surface area (Å²) in [6.45, 7) is 1.30. The Morgan fingerprint density at radius 3 is 2.55 bits per heavy atom. The second-order valence-corrected chi connectivity index (χ2v) is 9.70. The van der Waals surface area contributed by atoms with Gasteiger partial charge in [0.05, 0.1) is 30.5 Å². The number of H-pyrrole nitrogens is 1. The number of nitrogens with zero attached hydrogens (tertiary/aromatic N) is 4.